The Hall–Kier alpha value is -1.02. The van der Waals surface area contributed by atoms with Gasteiger partial charge in [0.15, 0.2) is 0 Å². The zero-order valence-electron chi connectivity index (χ0n) is 12.7. The van der Waals surface area contributed by atoms with Gasteiger partial charge in [0.05, 0.1) is 6.10 Å². The van der Waals surface area contributed by atoms with E-state index in [0.29, 0.717) is 0 Å². The Bertz CT molecular complexity index is 472. The lowest BCUT2D eigenvalue weighted by molar-refractivity contribution is -0.163. The van der Waals surface area contributed by atoms with Crippen LogP contribution in [0.1, 0.15) is 56.1 Å². The summed E-state index contributed by atoms with van der Waals surface area (Å²) in [7, 11) is 0. The SMILES string of the molecule is Cc1ccc(C)c(OC2CC(O)C23CCCCCC3)c1. The number of aliphatic hydroxyl groups is 1. The summed E-state index contributed by atoms with van der Waals surface area (Å²) in [6, 6.07) is 6.38. The molecule has 2 aliphatic carbocycles. The molecule has 1 spiro atoms. The van der Waals surface area contributed by atoms with E-state index >= 15 is 0 Å². The second kappa shape index (κ2) is 5.40. The van der Waals surface area contributed by atoms with Gasteiger partial charge in [0.2, 0.25) is 0 Å². The van der Waals surface area contributed by atoms with Crippen molar-refractivity contribution in [2.75, 3.05) is 0 Å². The largest absolute Gasteiger partial charge is 0.489 e. The molecular weight excluding hydrogens is 248 g/mol. The molecule has 110 valence electrons. The molecule has 2 aliphatic rings. The van der Waals surface area contributed by atoms with Crippen LogP contribution in [-0.4, -0.2) is 17.3 Å². The Labute approximate surface area is 122 Å². The molecule has 0 saturated heterocycles. The van der Waals surface area contributed by atoms with Crippen LogP contribution in [0.3, 0.4) is 0 Å². The first-order valence-electron chi connectivity index (χ1n) is 8.04. The second-order valence-electron chi connectivity index (χ2n) is 6.77. The third-order valence-corrected chi connectivity index (χ3v) is 5.39. The quantitative estimate of drug-likeness (QED) is 0.877. The lowest BCUT2D eigenvalue weighted by Crippen LogP contribution is -2.59. The summed E-state index contributed by atoms with van der Waals surface area (Å²) in [4.78, 5) is 0. The van der Waals surface area contributed by atoms with Crippen molar-refractivity contribution in [1.29, 1.82) is 0 Å². The Kier molecular flexibility index (Phi) is 3.76. The monoisotopic (exact) mass is 274 g/mol. The van der Waals surface area contributed by atoms with Gasteiger partial charge in [0.25, 0.3) is 0 Å². The molecule has 20 heavy (non-hydrogen) atoms. The van der Waals surface area contributed by atoms with Gasteiger partial charge in [-0.05, 0) is 43.9 Å². The number of benzene rings is 1. The van der Waals surface area contributed by atoms with Crippen molar-refractivity contribution >= 4 is 0 Å². The maximum Gasteiger partial charge on any atom is 0.122 e. The molecule has 2 fully saturated rings. The van der Waals surface area contributed by atoms with Crippen molar-refractivity contribution in [2.45, 2.75) is 71.0 Å². The Balaban J connectivity index is 1.78. The summed E-state index contributed by atoms with van der Waals surface area (Å²) in [5.41, 5.74) is 2.47. The van der Waals surface area contributed by atoms with Gasteiger partial charge in [0.1, 0.15) is 11.9 Å². The van der Waals surface area contributed by atoms with Gasteiger partial charge in [-0.2, -0.15) is 0 Å². The molecule has 1 aromatic rings. The van der Waals surface area contributed by atoms with Crippen LogP contribution in [0.2, 0.25) is 0 Å². The van der Waals surface area contributed by atoms with E-state index in [4.69, 9.17) is 4.74 Å². The van der Waals surface area contributed by atoms with Crippen molar-refractivity contribution in [1.82, 2.24) is 0 Å². The number of ether oxygens (including phenoxy) is 1. The molecule has 0 heterocycles. The minimum absolute atomic E-state index is 0.0344. The fourth-order valence-electron chi connectivity index (χ4n) is 3.92. The minimum atomic E-state index is -0.157. The highest BCUT2D eigenvalue weighted by atomic mass is 16.5. The summed E-state index contributed by atoms with van der Waals surface area (Å²) in [6.45, 7) is 4.20. The lowest BCUT2D eigenvalue weighted by Gasteiger charge is -2.53. The normalized spacial score (nSPS) is 28.8. The average molecular weight is 274 g/mol. The molecule has 0 bridgehead atoms. The second-order valence-corrected chi connectivity index (χ2v) is 6.77. The summed E-state index contributed by atoms with van der Waals surface area (Å²) in [5, 5.41) is 10.3. The minimum Gasteiger partial charge on any atom is -0.489 e. The number of aliphatic hydroxyl groups excluding tert-OH is 1. The van der Waals surface area contributed by atoms with Gasteiger partial charge < -0.3 is 9.84 Å². The third kappa shape index (κ3) is 2.35. The molecule has 3 rings (SSSR count). The van der Waals surface area contributed by atoms with E-state index < -0.39 is 0 Å². The van der Waals surface area contributed by atoms with Gasteiger partial charge >= 0.3 is 0 Å². The molecule has 2 atom stereocenters. The molecule has 2 saturated carbocycles. The van der Waals surface area contributed by atoms with Crippen molar-refractivity contribution in [3.63, 3.8) is 0 Å². The predicted molar refractivity (Wildman–Crippen MR) is 81.1 cm³/mol. The molecule has 1 aromatic carbocycles. The predicted octanol–water partition coefficient (Wildman–Crippen LogP) is 4.16. The number of aryl methyl sites for hydroxylation is 2. The van der Waals surface area contributed by atoms with Crippen LogP contribution >= 0.6 is 0 Å². The standard InChI is InChI=1S/C18H26O2/c1-13-7-8-14(2)15(11-13)20-17-12-16(19)18(17)9-5-3-4-6-10-18/h7-8,11,16-17,19H,3-6,9-10,12H2,1-2H3. The average Bonchev–Trinajstić information content (AvgIpc) is 2.70. The fourth-order valence-corrected chi connectivity index (χ4v) is 3.92. The topological polar surface area (TPSA) is 29.5 Å². The summed E-state index contributed by atoms with van der Waals surface area (Å²) < 4.78 is 6.32. The van der Waals surface area contributed by atoms with Crippen molar-refractivity contribution in [3.8, 4) is 5.75 Å². The van der Waals surface area contributed by atoms with Crippen LogP contribution in [-0.2, 0) is 0 Å². The van der Waals surface area contributed by atoms with Crippen LogP contribution in [0.5, 0.6) is 5.75 Å². The summed E-state index contributed by atoms with van der Waals surface area (Å²) in [5.74, 6) is 1.01. The smallest absolute Gasteiger partial charge is 0.122 e. The van der Waals surface area contributed by atoms with Gasteiger partial charge in [0, 0.05) is 11.8 Å². The van der Waals surface area contributed by atoms with Crippen LogP contribution in [0.4, 0.5) is 0 Å². The third-order valence-electron chi connectivity index (χ3n) is 5.39. The first kappa shape index (κ1) is 13.9. The van der Waals surface area contributed by atoms with Gasteiger partial charge in [-0.1, -0.05) is 37.8 Å². The van der Waals surface area contributed by atoms with E-state index in [1.807, 2.05) is 0 Å². The lowest BCUT2D eigenvalue weighted by atomic mass is 9.59. The fraction of sp³-hybridized carbons (Fsp3) is 0.667. The Morgan fingerprint density at radius 3 is 2.45 bits per heavy atom. The number of hydrogen-bond acceptors (Lipinski definition) is 2. The highest BCUT2D eigenvalue weighted by Crippen LogP contribution is 2.52. The Morgan fingerprint density at radius 2 is 1.80 bits per heavy atom. The highest BCUT2D eigenvalue weighted by molar-refractivity contribution is 5.36. The van der Waals surface area contributed by atoms with Crippen LogP contribution in [0, 0.1) is 19.3 Å². The molecule has 1 N–H and O–H groups in total. The van der Waals surface area contributed by atoms with Gasteiger partial charge in [-0.15, -0.1) is 0 Å². The van der Waals surface area contributed by atoms with Crippen molar-refractivity contribution in [3.05, 3.63) is 29.3 Å². The first-order valence-corrected chi connectivity index (χ1v) is 8.04. The molecule has 2 heteroatoms. The van der Waals surface area contributed by atoms with E-state index in [-0.39, 0.29) is 17.6 Å². The first-order chi connectivity index (χ1) is 9.62. The van der Waals surface area contributed by atoms with Crippen molar-refractivity contribution < 1.29 is 9.84 Å². The van der Waals surface area contributed by atoms with Gasteiger partial charge in [-0.25, -0.2) is 0 Å². The Morgan fingerprint density at radius 1 is 1.10 bits per heavy atom. The van der Waals surface area contributed by atoms with E-state index in [1.54, 1.807) is 0 Å². The van der Waals surface area contributed by atoms with Crippen LogP contribution in [0.25, 0.3) is 0 Å². The van der Waals surface area contributed by atoms with Gasteiger partial charge in [-0.3, -0.25) is 0 Å². The zero-order chi connectivity index (χ0) is 14.2. The zero-order valence-corrected chi connectivity index (χ0v) is 12.7. The molecule has 2 unspecified atom stereocenters. The van der Waals surface area contributed by atoms with E-state index in [0.717, 1.165) is 25.0 Å². The number of hydrogen-bond donors (Lipinski definition) is 1. The van der Waals surface area contributed by atoms with E-state index in [1.165, 1.54) is 36.8 Å². The maximum absolute atomic E-state index is 10.3. The number of rotatable bonds is 2. The van der Waals surface area contributed by atoms with Crippen molar-refractivity contribution in [2.24, 2.45) is 5.41 Å². The highest BCUT2D eigenvalue weighted by Gasteiger charge is 2.55. The molecule has 0 amide bonds. The molecule has 0 aromatic heterocycles. The van der Waals surface area contributed by atoms with Crippen LogP contribution in [0.15, 0.2) is 18.2 Å². The molecular formula is C18H26O2. The van der Waals surface area contributed by atoms with Crippen LogP contribution < -0.4 is 4.74 Å². The maximum atomic E-state index is 10.3. The van der Waals surface area contributed by atoms with E-state index in [9.17, 15) is 5.11 Å². The summed E-state index contributed by atoms with van der Waals surface area (Å²) >= 11 is 0. The summed E-state index contributed by atoms with van der Waals surface area (Å²) in [6.07, 6.45) is 8.20. The molecule has 0 aliphatic heterocycles. The molecule has 2 nitrogen and oxygen atoms in total. The van der Waals surface area contributed by atoms with E-state index in [2.05, 4.69) is 32.0 Å². The molecule has 0 radical (unpaired) electrons.